The summed E-state index contributed by atoms with van der Waals surface area (Å²) in [5.41, 5.74) is 0. The molecule has 1 unspecified atom stereocenters. The molecular formula is C12H20N2OS. The maximum Gasteiger partial charge on any atom is 0.220 e. The van der Waals surface area contributed by atoms with E-state index in [0.717, 1.165) is 17.8 Å². The van der Waals surface area contributed by atoms with Crippen LogP contribution < -0.4 is 5.32 Å². The molecule has 0 fully saturated rings. The normalized spacial score (nSPS) is 12.8. The number of hydrogen-bond donors (Lipinski definition) is 1. The first-order valence-electron chi connectivity index (χ1n) is 5.82. The lowest BCUT2D eigenvalue weighted by Gasteiger charge is -2.18. The maximum absolute atomic E-state index is 11.6. The average Bonchev–Trinajstić information content (AvgIpc) is 2.68. The van der Waals surface area contributed by atoms with Crippen LogP contribution >= 0.6 is 11.3 Å². The quantitative estimate of drug-likeness (QED) is 0.830. The number of aromatic nitrogens is 1. The summed E-state index contributed by atoms with van der Waals surface area (Å²) in [4.78, 5) is 15.9. The third-order valence-electron chi connectivity index (χ3n) is 2.27. The molecule has 0 saturated carbocycles. The molecule has 0 aliphatic carbocycles. The number of nitrogens with one attached hydrogen (secondary N) is 1. The van der Waals surface area contributed by atoms with Crippen LogP contribution in [0.25, 0.3) is 0 Å². The molecular weight excluding hydrogens is 220 g/mol. The highest BCUT2D eigenvalue weighted by Crippen LogP contribution is 2.23. The predicted molar refractivity (Wildman–Crippen MR) is 67.4 cm³/mol. The number of rotatable bonds is 6. The Labute approximate surface area is 101 Å². The summed E-state index contributed by atoms with van der Waals surface area (Å²) in [6, 6.07) is 0.0825. The van der Waals surface area contributed by atoms with Gasteiger partial charge in [0.25, 0.3) is 0 Å². The van der Waals surface area contributed by atoms with Crippen molar-refractivity contribution in [2.75, 3.05) is 0 Å². The molecule has 1 atom stereocenters. The monoisotopic (exact) mass is 240 g/mol. The van der Waals surface area contributed by atoms with E-state index in [9.17, 15) is 4.79 Å². The van der Waals surface area contributed by atoms with Crippen molar-refractivity contribution in [2.45, 2.75) is 46.1 Å². The zero-order valence-electron chi connectivity index (χ0n) is 10.2. The van der Waals surface area contributed by atoms with E-state index in [1.165, 1.54) is 0 Å². The van der Waals surface area contributed by atoms with Gasteiger partial charge in [0.2, 0.25) is 5.91 Å². The van der Waals surface area contributed by atoms with E-state index in [2.05, 4.69) is 24.1 Å². The summed E-state index contributed by atoms with van der Waals surface area (Å²) >= 11 is 1.61. The van der Waals surface area contributed by atoms with E-state index in [1.54, 1.807) is 17.5 Å². The molecule has 1 aromatic heterocycles. The second kappa shape index (κ2) is 6.63. The van der Waals surface area contributed by atoms with Crippen LogP contribution in [-0.4, -0.2) is 10.9 Å². The molecule has 4 heteroatoms. The van der Waals surface area contributed by atoms with E-state index in [4.69, 9.17) is 0 Å². The molecule has 0 saturated heterocycles. The topological polar surface area (TPSA) is 42.0 Å². The van der Waals surface area contributed by atoms with Crippen LogP contribution in [0.1, 0.15) is 51.1 Å². The molecule has 1 rings (SSSR count). The molecule has 1 aromatic rings. The van der Waals surface area contributed by atoms with Gasteiger partial charge in [0.15, 0.2) is 0 Å². The van der Waals surface area contributed by atoms with Crippen LogP contribution in [0.4, 0.5) is 0 Å². The van der Waals surface area contributed by atoms with E-state index in [0.29, 0.717) is 12.3 Å². The molecule has 0 aromatic carbocycles. The van der Waals surface area contributed by atoms with Gasteiger partial charge in [0, 0.05) is 18.0 Å². The van der Waals surface area contributed by atoms with Crippen LogP contribution in [-0.2, 0) is 4.79 Å². The number of amides is 1. The van der Waals surface area contributed by atoms with Gasteiger partial charge in [-0.2, -0.15) is 0 Å². The minimum Gasteiger partial charge on any atom is -0.347 e. The Morgan fingerprint density at radius 2 is 2.31 bits per heavy atom. The van der Waals surface area contributed by atoms with Crippen LogP contribution in [0.2, 0.25) is 0 Å². The fourth-order valence-electron chi connectivity index (χ4n) is 1.59. The third kappa shape index (κ3) is 4.31. The standard InChI is InChI=1S/C12H20N2OS/c1-4-5-11(15)14-10(8-9(2)3)12-13-6-7-16-12/h6-7,9-10H,4-5,8H2,1-3H3,(H,14,15). The minimum atomic E-state index is 0.0825. The highest BCUT2D eigenvalue weighted by atomic mass is 32.1. The van der Waals surface area contributed by atoms with Crippen molar-refractivity contribution in [1.29, 1.82) is 0 Å². The molecule has 1 N–H and O–H groups in total. The van der Waals surface area contributed by atoms with Crippen molar-refractivity contribution in [3.63, 3.8) is 0 Å². The Bertz CT molecular complexity index is 309. The molecule has 0 aliphatic heterocycles. The van der Waals surface area contributed by atoms with Crippen LogP contribution in [0, 0.1) is 5.92 Å². The average molecular weight is 240 g/mol. The Morgan fingerprint density at radius 3 is 2.81 bits per heavy atom. The second-order valence-electron chi connectivity index (χ2n) is 4.37. The summed E-state index contributed by atoms with van der Waals surface area (Å²) in [7, 11) is 0. The Hall–Kier alpha value is -0.900. The molecule has 0 spiro atoms. The molecule has 1 heterocycles. The Morgan fingerprint density at radius 1 is 1.56 bits per heavy atom. The summed E-state index contributed by atoms with van der Waals surface area (Å²) < 4.78 is 0. The van der Waals surface area contributed by atoms with Crippen LogP contribution in [0.5, 0.6) is 0 Å². The minimum absolute atomic E-state index is 0.0825. The number of thiazole rings is 1. The lowest BCUT2D eigenvalue weighted by atomic mass is 10.0. The largest absolute Gasteiger partial charge is 0.347 e. The van der Waals surface area contributed by atoms with Crippen molar-refractivity contribution in [2.24, 2.45) is 5.92 Å². The van der Waals surface area contributed by atoms with Crippen molar-refractivity contribution in [1.82, 2.24) is 10.3 Å². The maximum atomic E-state index is 11.6. The van der Waals surface area contributed by atoms with Crippen molar-refractivity contribution in [3.8, 4) is 0 Å². The van der Waals surface area contributed by atoms with Gasteiger partial charge in [-0.05, 0) is 18.8 Å². The zero-order valence-corrected chi connectivity index (χ0v) is 11.0. The van der Waals surface area contributed by atoms with Crippen molar-refractivity contribution < 1.29 is 4.79 Å². The number of carbonyl (C=O) groups excluding carboxylic acids is 1. The highest BCUT2D eigenvalue weighted by molar-refractivity contribution is 7.09. The fourth-order valence-corrected chi connectivity index (χ4v) is 2.30. The van der Waals surface area contributed by atoms with E-state index in [-0.39, 0.29) is 11.9 Å². The van der Waals surface area contributed by atoms with Gasteiger partial charge in [-0.1, -0.05) is 20.8 Å². The molecule has 1 amide bonds. The first-order chi connectivity index (χ1) is 7.63. The van der Waals surface area contributed by atoms with Crippen LogP contribution in [0.3, 0.4) is 0 Å². The summed E-state index contributed by atoms with van der Waals surface area (Å²) in [5.74, 6) is 0.680. The van der Waals surface area contributed by atoms with Crippen molar-refractivity contribution >= 4 is 17.2 Å². The summed E-state index contributed by atoms with van der Waals surface area (Å²) in [6.07, 6.45) is 4.22. The van der Waals surface area contributed by atoms with Crippen molar-refractivity contribution in [3.05, 3.63) is 16.6 Å². The lowest BCUT2D eigenvalue weighted by molar-refractivity contribution is -0.122. The van der Waals surface area contributed by atoms with Crippen LogP contribution in [0.15, 0.2) is 11.6 Å². The van der Waals surface area contributed by atoms with Gasteiger partial charge in [-0.3, -0.25) is 4.79 Å². The molecule has 0 bridgehead atoms. The summed E-state index contributed by atoms with van der Waals surface area (Å²) in [6.45, 7) is 6.33. The van der Waals surface area contributed by atoms with Gasteiger partial charge >= 0.3 is 0 Å². The molecule has 3 nitrogen and oxygen atoms in total. The molecule has 0 radical (unpaired) electrons. The van der Waals surface area contributed by atoms with Gasteiger partial charge < -0.3 is 5.32 Å². The van der Waals surface area contributed by atoms with Gasteiger partial charge in [-0.15, -0.1) is 11.3 Å². The van der Waals surface area contributed by atoms with E-state index >= 15 is 0 Å². The molecule has 16 heavy (non-hydrogen) atoms. The summed E-state index contributed by atoms with van der Waals surface area (Å²) in [5, 5.41) is 6.03. The zero-order chi connectivity index (χ0) is 12.0. The molecule has 90 valence electrons. The van der Waals surface area contributed by atoms with E-state index in [1.807, 2.05) is 12.3 Å². The van der Waals surface area contributed by atoms with E-state index < -0.39 is 0 Å². The second-order valence-corrected chi connectivity index (χ2v) is 5.30. The van der Waals surface area contributed by atoms with Gasteiger partial charge in [0.05, 0.1) is 6.04 Å². The number of nitrogens with zero attached hydrogens (tertiary/aromatic N) is 1. The number of carbonyl (C=O) groups is 1. The third-order valence-corrected chi connectivity index (χ3v) is 3.16. The number of hydrogen-bond acceptors (Lipinski definition) is 3. The predicted octanol–water partition coefficient (Wildman–Crippen LogP) is 3.15. The lowest BCUT2D eigenvalue weighted by Crippen LogP contribution is -2.29. The Balaban J connectivity index is 2.61. The highest BCUT2D eigenvalue weighted by Gasteiger charge is 2.17. The fraction of sp³-hybridized carbons (Fsp3) is 0.667. The Kier molecular flexibility index (Phi) is 5.46. The van der Waals surface area contributed by atoms with Gasteiger partial charge in [-0.25, -0.2) is 4.98 Å². The first-order valence-corrected chi connectivity index (χ1v) is 6.70. The first kappa shape index (κ1) is 13.2. The SMILES string of the molecule is CCCC(=O)NC(CC(C)C)c1nccs1. The van der Waals surface area contributed by atoms with Gasteiger partial charge in [0.1, 0.15) is 5.01 Å². The molecule has 0 aliphatic rings. The smallest absolute Gasteiger partial charge is 0.220 e.